The summed E-state index contributed by atoms with van der Waals surface area (Å²) in [7, 11) is 0. The molecule has 64 valence electrons. The van der Waals surface area contributed by atoms with E-state index in [-0.39, 0.29) is 5.03 Å². The fourth-order valence-corrected chi connectivity index (χ4v) is 0.657. The number of ether oxygens (including phenoxy) is 1. The Bertz CT molecular complexity index is 157. The van der Waals surface area contributed by atoms with E-state index >= 15 is 0 Å². The van der Waals surface area contributed by atoms with Crippen molar-refractivity contribution in [3.8, 4) is 0 Å². The van der Waals surface area contributed by atoms with E-state index in [1.165, 1.54) is 0 Å². The molecule has 0 unspecified atom stereocenters. The van der Waals surface area contributed by atoms with Crippen molar-refractivity contribution in [3.05, 3.63) is 11.1 Å². The van der Waals surface area contributed by atoms with Crippen LogP contribution in [0.5, 0.6) is 0 Å². The van der Waals surface area contributed by atoms with Gasteiger partial charge < -0.3 is 10.5 Å². The van der Waals surface area contributed by atoms with Gasteiger partial charge in [0.05, 0.1) is 6.61 Å². The predicted molar refractivity (Wildman–Crippen MR) is 44.2 cm³/mol. The molecule has 0 saturated carbocycles. The second-order valence-electron chi connectivity index (χ2n) is 1.85. The number of hydrogen-bond donors (Lipinski definition) is 1. The molecule has 0 aromatic rings. The van der Waals surface area contributed by atoms with E-state index in [1.54, 1.807) is 13.0 Å². The predicted octanol–water partition coefficient (Wildman–Crippen LogP) is 1.02. The lowest BCUT2D eigenvalue weighted by molar-refractivity contribution is -0.137. The Morgan fingerprint density at radius 3 is 2.82 bits per heavy atom. The van der Waals surface area contributed by atoms with Crippen LogP contribution in [0.3, 0.4) is 0 Å². The lowest BCUT2D eigenvalue weighted by Crippen LogP contribution is -2.04. The maximum absolute atomic E-state index is 10.8. The van der Waals surface area contributed by atoms with Crippen molar-refractivity contribution in [3.63, 3.8) is 0 Å². The first kappa shape index (κ1) is 10.5. The maximum atomic E-state index is 10.8. The number of halogens is 1. The second-order valence-corrected chi connectivity index (χ2v) is 2.26. The van der Waals surface area contributed by atoms with Gasteiger partial charge in [0.15, 0.2) is 0 Å². The smallest absolute Gasteiger partial charge is 0.349 e. The third-order valence-corrected chi connectivity index (χ3v) is 1.27. The first-order valence-corrected chi connectivity index (χ1v) is 3.83. The van der Waals surface area contributed by atoms with Crippen LogP contribution in [0, 0.1) is 0 Å². The molecular formula is C7H12ClNO2. The van der Waals surface area contributed by atoms with Gasteiger partial charge in [-0.1, -0.05) is 17.7 Å². The van der Waals surface area contributed by atoms with E-state index in [0.717, 1.165) is 0 Å². The Morgan fingerprint density at radius 1 is 1.73 bits per heavy atom. The van der Waals surface area contributed by atoms with Crippen molar-refractivity contribution in [2.24, 2.45) is 5.73 Å². The number of nitrogens with two attached hydrogens (primary N) is 1. The first-order valence-electron chi connectivity index (χ1n) is 3.45. The molecule has 4 heteroatoms. The number of rotatable bonds is 4. The third kappa shape index (κ3) is 4.81. The summed E-state index contributed by atoms with van der Waals surface area (Å²) in [6.45, 7) is 2.55. The average molecular weight is 178 g/mol. The zero-order chi connectivity index (χ0) is 8.69. The summed E-state index contributed by atoms with van der Waals surface area (Å²) in [6, 6.07) is 0. The Balaban J connectivity index is 3.80. The molecule has 0 rings (SSSR count). The van der Waals surface area contributed by atoms with Crippen LogP contribution < -0.4 is 5.73 Å². The van der Waals surface area contributed by atoms with Gasteiger partial charge in [-0.2, -0.15) is 0 Å². The molecule has 0 fully saturated rings. The summed E-state index contributed by atoms with van der Waals surface area (Å²) in [4.78, 5) is 10.8. The molecule has 0 amide bonds. The fraction of sp³-hybridized carbons (Fsp3) is 0.571. The minimum atomic E-state index is -0.484. The summed E-state index contributed by atoms with van der Waals surface area (Å²) < 4.78 is 4.62. The van der Waals surface area contributed by atoms with Crippen molar-refractivity contribution in [1.82, 2.24) is 0 Å². The first-order chi connectivity index (χ1) is 5.22. The van der Waals surface area contributed by atoms with Gasteiger partial charge in [-0.05, 0) is 19.9 Å². The molecule has 3 nitrogen and oxygen atoms in total. The van der Waals surface area contributed by atoms with Gasteiger partial charge >= 0.3 is 5.97 Å². The van der Waals surface area contributed by atoms with Crippen LogP contribution in [0.1, 0.15) is 13.3 Å². The maximum Gasteiger partial charge on any atom is 0.349 e. The molecule has 0 heterocycles. The zero-order valence-electron chi connectivity index (χ0n) is 6.47. The molecule has 2 N–H and O–H groups in total. The van der Waals surface area contributed by atoms with Gasteiger partial charge in [-0.25, -0.2) is 4.79 Å². The molecule has 0 aromatic heterocycles. The zero-order valence-corrected chi connectivity index (χ0v) is 7.23. The van der Waals surface area contributed by atoms with E-state index < -0.39 is 5.97 Å². The Morgan fingerprint density at radius 2 is 2.36 bits per heavy atom. The van der Waals surface area contributed by atoms with Gasteiger partial charge in [-0.3, -0.25) is 0 Å². The Kier molecular flexibility index (Phi) is 5.88. The summed E-state index contributed by atoms with van der Waals surface area (Å²) in [5, 5.41) is 0.109. The monoisotopic (exact) mass is 177 g/mol. The SMILES string of the molecule is CCOC(=O)/C(Cl)=C\CCN. The summed E-state index contributed by atoms with van der Waals surface area (Å²) in [5.74, 6) is -0.484. The van der Waals surface area contributed by atoms with Crippen molar-refractivity contribution in [2.75, 3.05) is 13.2 Å². The Hall–Kier alpha value is -0.540. The van der Waals surface area contributed by atoms with Crippen molar-refractivity contribution >= 4 is 17.6 Å². The molecule has 11 heavy (non-hydrogen) atoms. The average Bonchev–Trinajstić information content (AvgIpc) is 2.00. The molecule has 0 bridgehead atoms. The summed E-state index contributed by atoms with van der Waals surface area (Å²) in [5.41, 5.74) is 5.20. The van der Waals surface area contributed by atoms with Gasteiger partial charge in [-0.15, -0.1) is 0 Å². The number of esters is 1. The number of carbonyl (C=O) groups excluding carboxylic acids is 1. The lowest BCUT2D eigenvalue weighted by atomic mass is 10.4. The topological polar surface area (TPSA) is 52.3 Å². The molecule has 0 atom stereocenters. The van der Waals surface area contributed by atoms with E-state index in [2.05, 4.69) is 4.74 Å². The minimum Gasteiger partial charge on any atom is -0.462 e. The molecule has 0 aliphatic carbocycles. The number of hydrogen-bond acceptors (Lipinski definition) is 3. The largest absolute Gasteiger partial charge is 0.462 e. The third-order valence-electron chi connectivity index (χ3n) is 0.961. The highest BCUT2D eigenvalue weighted by Gasteiger charge is 2.04. The van der Waals surface area contributed by atoms with E-state index in [9.17, 15) is 4.79 Å². The van der Waals surface area contributed by atoms with Gasteiger partial charge in [0.2, 0.25) is 0 Å². The van der Waals surface area contributed by atoms with E-state index in [0.29, 0.717) is 19.6 Å². The van der Waals surface area contributed by atoms with E-state index in [1.807, 2.05) is 0 Å². The summed E-state index contributed by atoms with van der Waals surface area (Å²) >= 11 is 5.52. The second kappa shape index (κ2) is 6.19. The fourth-order valence-electron chi connectivity index (χ4n) is 0.493. The van der Waals surface area contributed by atoms with Crippen LogP contribution in [0.2, 0.25) is 0 Å². The molecule has 0 aromatic carbocycles. The van der Waals surface area contributed by atoms with Crippen LogP contribution in [-0.2, 0) is 9.53 Å². The molecule has 0 aliphatic heterocycles. The van der Waals surface area contributed by atoms with Crippen LogP contribution in [0.25, 0.3) is 0 Å². The highest BCUT2D eigenvalue weighted by Crippen LogP contribution is 2.04. The molecule has 0 aliphatic rings. The molecule has 0 spiro atoms. The van der Waals surface area contributed by atoms with Crippen molar-refractivity contribution in [2.45, 2.75) is 13.3 Å². The minimum absolute atomic E-state index is 0.109. The van der Waals surface area contributed by atoms with E-state index in [4.69, 9.17) is 17.3 Å². The van der Waals surface area contributed by atoms with Crippen LogP contribution in [0.15, 0.2) is 11.1 Å². The van der Waals surface area contributed by atoms with Gasteiger partial charge in [0, 0.05) is 0 Å². The number of carbonyl (C=O) groups is 1. The van der Waals surface area contributed by atoms with Crippen LogP contribution in [0.4, 0.5) is 0 Å². The normalized spacial score (nSPS) is 11.4. The summed E-state index contributed by atoms with van der Waals surface area (Å²) in [6.07, 6.45) is 2.15. The standard InChI is InChI=1S/C7H12ClNO2/c1-2-11-7(10)6(8)4-3-5-9/h4H,2-3,5,9H2,1H3/b6-4+. The lowest BCUT2D eigenvalue weighted by Gasteiger charge is -1.98. The van der Waals surface area contributed by atoms with Crippen LogP contribution in [-0.4, -0.2) is 19.1 Å². The molecule has 0 saturated heterocycles. The van der Waals surface area contributed by atoms with Gasteiger partial charge in [0.25, 0.3) is 0 Å². The van der Waals surface area contributed by atoms with Gasteiger partial charge in [0.1, 0.15) is 5.03 Å². The highest BCUT2D eigenvalue weighted by atomic mass is 35.5. The molecule has 0 radical (unpaired) electrons. The highest BCUT2D eigenvalue weighted by molar-refractivity contribution is 6.41. The Labute approximate surface area is 71.2 Å². The molecular weight excluding hydrogens is 166 g/mol. The van der Waals surface area contributed by atoms with Crippen molar-refractivity contribution < 1.29 is 9.53 Å². The van der Waals surface area contributed by atoms with Crippen LogP contribution >= 0.6 is 11.6 Å². The quantitative estimate of drug-likeness (QED) is 0.515. The van der Waals surface area contributed by atoms with Crippen molar-refractivity contribution in [1.29, 1.82) is 0 Å².